The minimum Gasteiger partial charge on any atom is -0.504 e. The van der Waals surface area contributed by atoms with Gasteiger partial charge in [0.2, 0.25) is 5.75 Å². The Bertz CT molecular complexity index is 1840. The second kappa shape index (κ2) is 19.5. The van der Waals surface area contributed by atoms with Gasteiger partial charge in [-0.05, 0) is 80.3 Å². The van der Waals surface area contributed by atoms with Gasteiger partial charge in [0.05, 0.1) is 4.92 Å². The molecule has 0 aliphatic carbocycles. The number of carboxylic acid groups (broad SMARTS) is 2. The number of rotatable bonds is 12. The second-order valence-electron chi connectivity index (χ2n) is 11.1. The van der Waals surface area contributed by atoms with Crippen LogP contribution in [-0.4, -0.2) is 93.2 Å². The van der Waals surface area contributed by atoms with Crippen LogP contribution in [0.5, 0.6) is 34.5 Å². The molecule has 0 radical (unpaired) electrons. The number of nitriles is 1. The van der Waals surface area contributed by atoms with Crippen LogP contribution in [-0.2, 0) is 27.2 Å². The first-order valence-electron chi connectivity index (χ1n) is 15.1. The smallest absolute Gasteiger partial charge is 0.325 e. The average Bonchev–Trinajstić information content (AvgIpc) is 3.09. The van der Waals surface area contributed by atoms with Crippen molar-refractivity contribution < 1.29 is 60.2 Å². The third-order valence-corrected chi connectivity index (χ3v) is 7.20. The second-order valence-corrected chi connectivity index (χ2v) is 11.1. The number of phenolic OH excluding ortho intramolecular Hbond substituents is 6. The Kier molecular flexibility index (Phi) is 16.3. The number of hydrogen-bond acceptors (Lipinski definition) is 15. The number of aromatic hydroxyl groups is 6. The molecular formula is C33H40N6O13. The molecule has 3 rings (SSSR count). The number of nitro groups is 1. The molecule has 0 saturated heterocycles. The van der Waals surface area contributed by atoms with Gasteiger partial charge in [0.15, 0.2) is 28.7 Å². The molecule has 0 aromatic heterocycles. The van der Waals surface area contributed by atoms with Crippen LogP contribution in [0.25, 0.3) is 6.08 Å². The minimum absolute atomic E-state index is 0.0686. The zero-order valence-corrected chi connectivity index (χ0v) is 28.2. The minimum atomic E-state index is -1.32. The van der Waals surface area contributed by atoms with E-state index in [4.69, 9.17) is 42.4 Å². The van der Waals surface area contributed by atoms with E-state index < -0.39 is 51.5 Å². The van der Waals surface area contributed by atoms with E-state index in [0.717, 1.165) is 18.2 Å². The summed E-state index contributed by atoms with van der Waals surface area (Å²) in [6.07, 6.45) is 1.34. The largest absolute Gasteiger partial charge is 0.504 e. The molecule has 280 valence electrons. The molecule has 0 unspecified atom stereocenters. The van der Waals surface area contributed by atoms with Gasteiger partial charge < -0.3 is 51.5 Å². The zero-order chi connectivity index (χ0) is 39.9. The van der Waals surface area contributed by atoms with E-state index in [0.29, 0.717) is 24.2 Å². The van der Waals surface area contributed by atoms with Gasteiger partial charge in [-0.3, -0.25) is 30.3 Å². The Morgan fingerprint density at radius 3 is 1.87 bits per heavy atom. The SMILES string of the molecule is CCN(CC)C(=O)/C(C#N)=C/c1cc(O)c(O)c([N+](=O)[O-])c1.C[C@@](Cc1ccc(O)c(O)c1)(NN)C(=O)O.N[C@@H](Cc1ccc(O)c(O)c1)C(=O)O. The molecule has 0 aliphatic rings. The fourth-order valence-corrected chi connectivity index (χ4v) is 4.15. The molecular weight excluding hydrogens is 688 g/mol. The average molecular weight is 729 g/mol. The molecule has 3 aromatic carbocycles. The lowest BCUT2D eigenvalue weighted by molar-refractivity contribution is -0.386. The van der Waals surface area contributed by atoms with Gasteiger partial charge in [0.25, 0.3) is 5.91 Å². The summed E-state index contributed by atoms with van der Waals surface area (Å²) in [5, 5.41) is 92.7. The van der Waals surface area contributed by atoms with Crippen LogP contribution in [0.1, 0.15) is 37.5 Å². The molecule has 0 bridgehead atoms. The lowest BCUT2D eigenvalue weighted by atomic mass is 9.93. The number of carbonyl (C=O) groups excluding carboxylic acids is 1. The summed E-state index contributed by atoms with van der Waals surface area (Å²) < 4.78 is 0. The van der Waals surface area contributed by atoms with E-state index >= 15 is 0 Å². The van der Waals surface area contributed by atoms with Crippen molar-refractivity contribution in [1.29, 1.82) is 5.26 Å². The summed E-state index contributed by atoms with van der Waals surface area (Å²) in [4.78, 5) is 44.8. The van der Waals surface area contributed by atoms with E-state index in [1.165, 1.54) is 48.2 Å². The lowest BCUT2D eigenvalue weighted by Gasteiger charge is -2.23. The zero-order valence-electron chi connectivity index (χ0n) is 28.2. The van der Waals surface area contributed by atoms with Crippen molar-refractivity contribution in [2.45, 2.75) is 45.2 Å². The van der Waals surface area contributed by atoms with Gasteiger partial charge in [0, 0.05) is 25.6 Å². The molecule has 19 heteroatoms. The highest BCUT2D eigenvalue weighted by Crippen LogP contribution is 2.36. The summed E-state index contributed by atoms with van der Waals surface area (Å²) in [5.74, 6) is -0.145. The number of nitrogens with zero attached hydrogens (tertiary/aromatic N) is 3. The van der Waals surface area contributed by atoms with Crippen molar-refractivity contribution in [3.05, 3.63) is 80.9 Å². The maximum Gasteiger partial charge on any atom is 0.325 e. The van der Waals surface area contributed by atoms with Gasteiger partial charge in [-0.25, -0.2) is 5.43 Å². The number of nitro benzene ring substituents is 1. The molecule has 1 amide bonds. The number of likely N-dealkylation sites (N-methyl/N-ethyl adjacent to an activating group) is 1. The van der Waals surface area contributed by atoms with Crippen molar-refractivity contribution in [3.8, 4) is 40.6 Å². The first kappa shape index (κ1) is 43.4. The van der Waals surface area contributed by atoms with E-state index in [-0.39, 0.29) is 47.0 Å². The number of hydrogen-bond donors (Lipinski definition) is 11. The van der Waals surface area contributed by atoms with Crippen LogP contribution in [0.3, 0.4) is 0 Å². The number of aliphatic carboxylic acids is 2. The van der Waals surface area contributed by atoms with E-state index in [9.17, 15) is 39.8 Å². The third kappa shape index (κ3) is 12.4. The number of carbonyl (C=O) groups is 3. The van der Waals surface area contributed by atoms with E-state index in [1.807, 2.05) is 0 Å². The quantitative estimate of drug-likeness (QED) is 0.0316. The van der Waals surface area contributed by atoms with Crippen LogP contribution < -0.4 is 17.0 Å². The summed E-state index contributed by atoms with van der Waals surface area (Å²) in [5.41, 5.74) is 6.45. The Morgan fingerprint density at radius 1 is 0.923 bits per heavy atom. The third-order valence-electron chi connectivity index (χ3n) is 7.20. The van der Waals surface area contributed by atoms with Crippen LogP contribution >= 0.6 is 0 Å². The predicted octanol–water partition coefficient (Wildman–Crippen LogP) is 1.78. The molecule has 3 aromatic rings. The lowest BCUT2D eigenvalue weighted by Crippen LogP contribution is -2.54. The van der Waals surface area contributed by atoms with Gasteiger partial charge in [-0.15, -0.1) is 0 Å². The fourth-order valence-electron chi connectivity index (χ4n) is 4.15. The molecule has 0 saturated carbocycles. The maximum absolute atomic E-state index is 12.1. The molecule has 0 fully saturated rings. The van der Waals surface area contributed by atoms with Crippen LogP contribution in [0.15, 0.2) is 54.1 Å². The number of phenols is 6. The molecule has 0 heterocycles. The molecule has 0 aliphatic heterocycles. The Balaban J connectivity index is 0.000000402. The van der Waals surface area contributed by atoms with Gasteiger partial charge in [-0.2, -0.15) is 5.26 Å². The standard InChI is InChI=1S/C14H15N3O5.C10H14N2O4.C9H11NO4/c1-3-16(4-2)14(20)10(8-15)5-9-6-11(17(21)22)13(19)12(18)7-9;1-10(12-11,9(15)16)5-6-2-3-7(13)8(14)4-6;10-6(9(13)14)3-5-1-2-7(11)8(12)4-5/h5-7,18-19H,3-4H2,1-2H3;2-4,12-14H,5,11H2,1H3,(H,15,16);1-2,4,6,11-12H,3,10H2,(H,13,14)/b10-5+;;/t;10-;6-/m.00/s1. The van der Waals surface area contributed by atoms with Gasteiger partial charge in [-0.1, -0.05) is 12.1 Å². The number of amides is 1. The first-order valence-corrected chi connectivity index (χ1v) is 15.1. The highest BCUT2D eigenvalue weighted by molar-refractivity contribution is 6.01. The Labute approximate surface area is 296 Å². The Hall–Kier alpha value is -6.62. The number of nitrogens with two attached hydrogens (primary N) is 2. The van der Waals surface area contributed by atoms with Gasteiger partial charge in [0.1, 0.15) is 23.2 Å². The van der Waals surface area contributed by atoms with Crippen molar-refractivity contribution in [3.63, 3.8) is 0 Å². The molecule has 13 N–H and O–H groups in total. The number of carboxylic acids is 2. The monoisotopic (exact) mass is 728 g/mol. The molecule has 52 heavy (non-hydrogen) atoms. The normalized spacial score (nSPS) is 12.3. The van der Waals surface area contributed by atoms with E-state index in [1.54, 1.807) is 19.9 Å². The number of hydrazine groups is 1. The first-order chi connectivity index (χ1) is 24.2. The van der Waals surface area contributed by atoms with Crippen molar-refractivity contribution in [2.75, 3.05) is 13.1 Å². The molecule has 2 atom stereocenters. The highest BCUT2D eigenvalue weighted by Gasteiger charge is 2.32. The summed E-state index contributed by atoms with van der Waals surface area (Å²) in [6, 6.07) is 11.0. The topological polar surface area (TPSA) is 347 Å². The van der Waals surface area contributed by atoms with E-state index in [2.05, 4.69) is 5.43 Å². The summed E-state index contributed by atoms with van der Waals surface area (Å²) in [6.45, 7) is 5.77. The number of nitrogens with one attached hydrogen (secondary N) is 1. The predicted molar refractivity (Wildman–Crippen MR) is 184 cm³/mol. The van der Waals surface area contributed by atoms with Crippen molar-refractivity contribution in [2.24, 2.45) is 11.6 Å². The van der Waals surface area contributed by atoms with Crippen LogP contribution in [0.2, 0.25) is 0 Å². The number of benzene rings is 3. The van der Waals surface area contributed by atoms with Crippen molar-refractivity contribution >= 4 is 29.6 Å². The molecule has 19 nitrogen and oxygen atoms in total. The summed E-state index contributed by atoms with van der Waals surface area (Å²) >= 11 is 0. The van der Waals surface area contributed by atoms with Crippen molar-refractivity contribution in [1.82, 2.24) is 10.3 Å². The Morgan fingerprint density at radius 2 is 1.44 bits per heavy atom. The molecule has 0 spiro atoms. The van der Waals surface area contributed by atoms with Crippen LogP contribution in [0.4, 0.5) is 5.69 Å². The van der Waals surface area contributed by atoms with Gasteiger partial charge >= 0.3 is 17.6 Å². The summed E-state index contributed by atoms with van der Waals surface area (Å²) in [7, 11) is 0. The fraction of sp³-hybridized carbons (Fsp3) is 0.273. The maximum atomic E-state index is 12.1. The van der Waals surface area contributed by atoms with Crippen LogP contribution in [0, 0.1) is 21.4 Å². The highest BCUT2D eigenvalue weighted by atomic mass is 16.6.